The average molecular weight is 209 g/mol. The highest BCUT2D eigenvalue weighted by molar-refractivity contribution is 6.30. The molecule has 0 aromatic heterocycles. The second-order valence-corrected chi connectivity index (χ2v) is 3.99. The lowest BCUT2D eigenvalue weighted by Gasteiger charge is -2.31. The fourth-order valence-corrected chi connectivity index (χ4v) is 1.84. The first-order chi connectivity index (χ1) is 6.68. The summed E-state index contributed by atoms with van der Waals surface area (Å²) in [6, 6.07) is 6.01. The zero-order chi connectivity index (χ0) is 10.1. The normalized spacial score (nSPS) is 14.7. The molecular weight excluding hydrogens is 196 g/mol. The number of benzene rings is 1. The molecule has 0 aliphatic carbocycles. The van der Waals surface area contributed by atoms with E-state index in [0.717, 1.165) is 11.4 Å². The Bertz CT molecular complexity index is 372. The van der Waals surface area contributed by atoms with Crippen LogP contribution >= 0.6 is 11.6 Å². The van der Waals surface area contributed by atoms with Crippen LogP contribution in [0.2, 0.25) is 5.02 Å². The van der Waals surface area contributed by atoms with E-state index in [1.807, 2.05) is 31.2 Å². The third kappa shape index (κ3) is 1.63. The molecule has 0 fully saturated rings. The number of anilines is 1. The van der Waals surface area contributed by atoms with Gasteiger partial charge in [0.05, 0.1) is 5.69 Å². The van der Waals surface area contributed by atoms with Crippen molar-refractivity contribution in [2.75, 3.05) is 19.1 Å². The Labute approximate surface area is 89.4 Å². The Hall–Kier alpha value is -0.990. The largest absolute Gasteiger partial charge is 0.282 e. The van der Waals surface area contributed by atoms with Crippen LogP contribution in [-0.4, -0.2) is 19.1 Å². The van der Waals surface area contributed by atoms with E-state index in [2.05, 4.69) is 23.4 Å². The van der Waals surface area contributed by atoms with Crippen LogP contribution in [0.5, 0.6) is 0 Å². The second-order valence-electron chi connectivity index (χ2n) is 3.55. The molecule has 0 N–H and O–H groups in total. The summed E-state index contributed by atoms with van der Waals surface area (Å²) in [5.41, 5.74) is 2.48. The highest BCUT2D eigenvalue weighted by Crippen LogP contribution is 2.28. The van der Waals surface area contributed by atoms with Gasteiger partial charge >= 0.3 is 0 Å². The van der Waals surface area contributed by atoms with Crippen LogP contribution in [0, 0.1) is 0 Å². The summed E-state index contributed by atoms with van der Waals surface area (Å²) in [4.78, 5) is 0. The first-order valence-corrected chi connectivity index (χ1v) is 4.98. The van der Waals surface area contributed by atoms with Crippen LogP contribution in [0.4, 0.5) is 5.69 Å². The lowest BCUT2D eigenvalue weighted by Crippen LogP contribution is -2.34. The van der Waals surface area contributed by atoms with Gasteiger partial charge in [-0.15, -0.1) is 0 Å². The van der Waals surface area contributed by atoms with Gasteiger partial charge in [0, 0.05) is 25.3 Å². The van der Waals surface area contributed by atoms with Gasteiger partial charge in [-0.25, -0.2) is 5.01 Å². The maximum Gasteiger partial charge on any atom is 0.0609 e. The number of fused-ring (bicyclic) bond motifs is 1. The molecular formula is C11H13ClN2. The smallest absolute Gasteiger partial charge is 0.0609 e. The number of halogens is 1. The van der Waals surface area contributed by atoms with E-state index in [1.54, 1.807) is 0 Å². The standard InChI is InChI=1S/C11H13ClN2/c1-13(2)14-7-3-4-9-8-10(12)5-6-11(9)14/h3,5-8H,4H2,1-2H3. The molecule has 0 saturated carbocycles. The van der Waals surface area contributed by atoms with E-state index in [9.17, 15) is 0 Å². The molecule has 1 heterocycles. The van der Waals surface area contributed by atoms with Gasteiger partial charge in [0.25, 0.3) is 0 Å². The van der Waals surface area contributed by atoms with E-state index in [4.69, 9.17) is 11.6 Å². The molecule has 3 heteroatoms. The summed E-state index contributed by atoms with van der Waals surface area (Å²) in [5, 5.41) is 4.95. The molecule has 0 atom stereocenters. The quantitative estimate of drug-likeness (QED) is 0.700. The number of hydrogen-bond acceptors (Lipinski definition) is 2. The first-order valence-electron chi connectivity index (χ1n) is 4.60. The van der Waals surface area contributed by atoms with Crippen molar-refractivity contribution in [3.63, 3.8) is 0 Å². The van der Waals surface area contributed by atoms with Gasteiger partial charge in [0.2, 0.25) is 0 Å². The predicted octanol–water partition coefficient (Wildman–Crippen LogP) is 2.69. The topological polar surface area (TPSA) is 6.48 Å². The highest BCUT2D eigenvalue weighted by Gasteiger charge is 2.14. The van der Waals surface area contributed by atoms with Crippen molar-refractivity contribution in [2.24, 2.45) is 0 Å². The van der Waals surface area contributed by atoms with Gasteiger partial charge < -0.3 is 0 Å². The maximum atomic E-state index is 5.95. The van der Waals surface area contributed by atoms with Crippen LogP contribution in [0.3, 0.4) is 0 Å². The fourth-order valence-electron chi connectivity index (χ4n) is 1.65. The van der Waals surface area contributed by atoms with Crippen LogP contribution in [0.1, 0.15) is 5.56 Å². The molecule has 1 aromatic carbocycles. The van der Waals surface area contributed by atoms with Gasteiger partial charge in [0.1, 0.15) is 0 Å². The number of allylic oxidation sites excluding steroid dienone is 1. The molecule has 0 unspecified atom stereocenters. The molecule has 2 nitrogen and oxygen atoms in total. The van der Waals surface area contributed by atoms with Gasteiger partial charge in [-0.3, -0.25) is 5.01 Å². The molecule has 14 heavy (non-hydrogen) atoms. The molecule has 1 aliphatic heterocycles. The number of hydrazine groups is 1. The van der Waals surface area contributed by atoms with E-state index in [0.29, 0.717) is 0 Å². The van der Waals surface area contributed by atoms with Crippen molar-refractivity contribution in [3.8, 4) is 0 Å². The van der Waals surface area contributed by atoms with E-state index in [-0.39, 0.29) is 0 Å². The maximum absolute atomic E-state index is 5.95. The van der Waals surface area contributed by atoms with Crippen molar-refractivity contribution >= 4 is 17.3 Å². The van der Waals surface area contributed by atoms with Gasteiger partial charge in [0.15, 0.2) is 0 Å². The summed E-state index contributed by atoms with van der Waals surface area (Å²) in [6.45, 7) is 0. The summed E-state index contributed by atoms with van der Waals surface area (Å²) in [7, 11) is 4.04. The monoisotopic (exact) mass is 208 g/mol. The zero-order valence-electron chi connectivity index (χ0n) is 8.37. The average Bonchev–Trinajstić information content (AvgIpc) is 2.16. The van der Waals surface area contributed by atoms with Crippen molar-refractivity contribution in [1.82, 2.24) is 5.01 Å². The number of nitrogens with zero attached hydrogens (tertiary/aromatic N) is 2. The summed E-state index contributed by atoms with van der Waals surface area (Å²) in [5.74, 6) is 0. The van der Waals surface area contributed by atoms with Crippen LogP contribution in [-0.2, 0) is 6.42 Å². The molecule has 0 spiro atoms. The van der Waals surface area contributed by atoms with Crippen LogP contribution in [0.25, 0.3) is 0 Å². The SMILES string of the molecule is CN(C)N1C=CCc2cc(Cl)ccc21. The van der Waals surface area contributed by atoms with Crippen LogP contribution < -0.4 is 5.01 Å². The summed E-state index contributed by atoms with van der Waals surface area (Å²) >= 11 is 5.95. The van der Waals surface area contributed by atoms with Gasteiger partial charge in [-0.2, -0.15) is 0 Å². The van der Waals surface area contributed by atoms with E-state index < -0.39 is 0 Å². The van der Waals surface area contributed by atoms with E-state index in [1.165, 1.54) is 11.3 Å². The van der Waals surface area contributed by atoms with Gasteiger partial charge in [-0.1, -0.05) is 17.7 Å². The minimum Gasteiger partial charge on any atom is -0.282 e. The van der Waals surface area contributed by atoms with Crippen molar-refractivity contribution in [2.45, 2.75) is 6.42 Å². The van der Waals surface area contributed by atoms with E-state index >= 15 is 0 Å². The number of hydrogen-bond donors (Lipinski definition) is 0. The first kappa shape index (κ1) is 9.56. The Balaban J connectivity index is 2.44. The molecule has 0 saturated heterocycles. The Morgan fingerprint density at radius 3 is 2.86 bits per heavy atom. The van der Waals surface area contributed by atoms with Gasteiger partial charge in [-0.05, 0) is 30.2 Å². The summed E-state index contributed by atoms with van der Waals surface area (Å²) in [6.07, 6.45) is 5.18. The molecule has 0 radical (unpaired) electrons. The van der Waals surface area contributed by atoms with Crippen molar-refractivity contribution in [3.05, 3.63) is 41.1 Å². The number of rotatable bonds is 1. The van der Waals surface area contributed by atoms with Crippen LogP contribution in [0.15, 0.2) is 30.5 Å². The van der Waals surface area contributed by atoms with Crippen molar-refractivity contribution < 1.29 is 0 Å². The zero-order valence-corrected chi connectivity index (χ0v) is 9.12. The molecule has 2 rings (SSSR count). The lowest BCUT2D eigenvalue weighted by molar-refractivity contribution is 0.410. The fraction of sp³-hybridized carbons (Fsp3) is 0.273. The molecule has 0 bridgehead atoms. The Morgan fingerprint density at radius 1 is 1.36 bits per heavy atom. The minimum absolute atomic E-state index is 0.803. The Kier molecular flexibility index (Phi) is 2.48. The second kappa shape index (κ2) is 3.64. The third-order valence-corrected chi connectivity index (χ3v) is 2.54. The lowest BCUT2D eigenvalue weighted by atomic mass is 10.1. The Morgan fingerprint density at radius 2 is 2.14 bits per heavy atom. The molecule has 0 amide bonds. The molecule has 1 aromatic rings. The van der Waals surface area contributed by atoms with Crippen molar-refractivity contribution in [1.29, 1.82) is 0 Å². The highest BCUT2D eigenvalue weighted by atomic mass is 35.5. The molecule has 74 valence electrons. The predicted molar refractivity (Wildman–Crippen MR) is 60.5 cm³/mol. The summed E-state index contributed by atoms with van der Waals surface area (Å²) < 4.78 is 0. The minimum atomic E-state index is 0.803. The molecule has 1 aliphatic rings. The third-order valence-electron chi connectivity index (χ3n) is 2.30.